The summed E-state index contributed by atoms with van der Waals surface area (Å²) in [5, 5.41) is 10.7. The van der Waals surface area contributed by atoms with Gasteiger partial charge in [0.2, 0.25) is 0 Å². The molecular formula is C24H19ClN4O. The van der Waals surface area contributed by atoms with Crippen LogP contribution >= 0.6 is 11.6 Å². The predicted octanol–water partition coefficient (Wildman–Crippen LogP) is 5.58. The van der Waals surface area contributed by atoms with Gasteiger partial charge in [-0.2, -0.15) is 5.26 Å². The number of pyridine rings is 2. The van der Waals surface area contributed by atoms with Crippen molar-refractivity contribution < 1.29 is 4.74 Å². The molecule has 0 aliphatic carbocycles. The Hall–Kier alpha value is -3.62. The fourth-order valence-electron chi connectivity index (χ4n) is 3.45. The summed E-state index contributed by atoms with van der Waals surface area (Å²) in [5.41, 5.74) is 11.9. The van der Waals surface area contributed by atoms with Crippen LogP contribution in [0.5, 0.6) is 5.75 Å². The number of nitriles is 1. The van der Waals surface area contributed by atoms with E-state index in [1.807, 2.05) is 61.5 Å². The van der Waals surface area contributed by atoms with Gasteiger partial charge in [-0.05, 0) is 60.5 Å². The molecule has 0 atom stereocenters. The Morgan fingerprint density at radius 2 is 1.80 bits per heavy atom. The molecule has 0 bridgehead atoms. The van der Waals surface area contributed by atoms with Crippen LogP contribution in [-0.2, 0) is 6.42 Å². The van der Waals surface area contributed by atoms with Gasteiger partial charge in [-0.25, -0.2) is 9.97 Å². The Morgan fingerprint density at radius 3 is 2.50 bits per heavy atom. The van der Waals surface area contributed by atoms with E-state index in [1.165, 1.54) is 0 Å². The Labute approximate surface area is 179 Å². The molecule has 4 rings (SSSR count). The summed E-state index contributed by atoms with van der Waals surface area (Å²) in [7, 11) is 1.62. The normalized spacial score (nSPS) is 10.7. The lowest BCUT2D eigenvalue weighted by atomic mass is 9.96. The molecule has 148 valence electrons. The van der Waals surface area contributed by atoms with Gasteiger partial charge in [0.05, 0.1) is 30.8 Å². The summed E-state index contributed by atoms with van der Waals surface area (Å²) in [4.78, 5) is 9.10. The maximum absolute atomic E-state index is 9.34. The highest BCUT2D eigenvalue weighted by Crippen LogP contribution is 2.37. The van der Waals surface area contributed by atoms with Crippen molar-refractivity contribution >= 4 is 28.3 Å². The van der Waals surface area contributed by atoms with E-state index >= 15 is 0 Å². The topological polar surface area (TPSA) is 84.8 Å². The van der Waals surface area contributed by atoms with Gasteiger partial charge in [-0.3, -0.25) is 0 Å². The van der Waals surface area contributed by atoms with Crippen molar-refractivity contribution in [1.29, 1.82) is 5.26 Å². The van der Waals surface area contributed by atoms with E-state index < -0.39 is 0 Å². The average molecular weight is 415 g/mol. The lowest BCUT2D eigenvalue weighted by molar-refractivity contribution is 0.415. The van der Waals surface area contributed by atoms with E-state index in [-0.39, 0.29) is 6.42 Å². The highest BCUT2D eigenvalue weighted by Gasteiger charge is 2.17. The molecular weight excluding hydrogens is 396 g/mol. The van der Waals surface area contributed by atoms with Crippen molar-refractivity contribution in [2.75, 3.05) is 12.8 Å². The first-order chi connectivity index (χ1) is 14.5. The number of hydrogen-bond acceptors (Lipinski definition) is 5. The first-order valence-electron chi connectivity index (χ1n) is 9.38. The monoisotopic (exact) mass is 414 g/mol. The molecule has 0 unspecified atom stereocenters. The molecule has 2 N–H and O–H groups in total. The zero-order valence-electron chi connectivity index (χ0n) is 16.6. The second-order valence-corrected chi connectivity index (χ2v) is 7.36. The molecule has 0 aliphatic rings. The van der Waals surface area contributed by atoms with Crippen LogP contribution in [0.25, 0.3) is 33.3 Å². The molecule has 0 radical (unpaired) electrons. The van der Waals surface area contributed by atoms with Crippen LogP contribution in [0.1, 0.15) is 11.1 Å². The Bertz CT molecular complexity index is 1290. The first-order valence-corrected chi connectivity index (χ1v) is 9.76. The van der Waals surface area contributed by atoms with E-state index in [4.69, 9.17) is 22.1 Å². The van der Waals surface area contributed by atoms with Gasteiger partial charge in [-0.15, -0.1) is 0 Å². The van der Waals surface area contributed by atoms with Crippen LogP contribution in [0.15, 0.2) is 54.6 Å². The molecule has 6 heteroatoms. The lowest BCUT2D eigenvalue weighted by Gasteiger charge is -2.15. The number of anilines is 1. The Balaban J connectivity index is 1.94. The van der Waals surface area contributed by atoms with Crippen molar-refractivity contribution in [2.24, 2.45) is 0 Å². The Kier molecular flexibility index (Phi) is 5.26. The third-order valence-electron chi connectivity index (χ3n) is 5.01. The van der Waals surface area contributed by atoms with Gasteiger partial charge in [0, 0.05) is 22.1 Å². The Morgan fingerprint density at radius 1 is 1.03 bits per heavy atom. The summed E-state index contributed by atoms with van der Waals surface area (Å²) in [5.74, 6) is 1.06. The number of benzene rings is 2. The maximum Gasteiger partial charge on any atom is 0.137 e. The second kappa shape index (κ2) is 8.02. The standard InChI is InChI=1S/C24H19ClN4O/c1-14-3-4-16-12-20(23(25)28-21(16)11-14)19-13-22(29-24(27)18(19)9-10-26)15-5-7-17(30-2)8-6-15/h3-8,11-13H,9H2,1-2H3,(H2,27,29). The predicted molar refractivity (Wildman–Crippen MR) is 120 cm³/mol. The molecule has 0 fully saturated rings. The number of aryl methyl sites for hydroxylation is 1. The number of halogens is 1. The first kappa shape index (κ1) is 19.7. The van der Waals surface area contributed by atoms with Crippen LogP contribution in [0.4, 0.5) is 5.82 Å². The van der Waals surface area contributed by atoms with Crippen molar-refractivity contribution in [3.63, 3.8) is 0 Å². The van der Waals surface area contributed by atoms with E-state index in [2.05, 4.69) is 16.0 Å². The third kappa shape index (κ3) is 3.66. The number of nitrogen functional groups attached to an aromatic ring is 1. The summed E-state index contributed by atoms with van der Waals surface area (Å²) >= 11 is 6.58. The molecule has 0 aliphatic heterocycles. The number of aromatic nitrogens is 2. The van der Waals surface area contributed by atoms with Gasteiger partial charge < -0.3 is 10.5 Å². The maximum atomic E-state index is 9.34. The number of ether oxygens (including phenoxy) is 1. The molecule has 2 aromatic heterocycles. The van der Waals surface area contributed by atoms with Gasteiger partial charge in [0.25, 0.3) is 0 Å². The van der Waals surface area contributed by atoms with Gasteiger partial charge in [0.15, 0.2) is 0 Å². The minimum Gasteiger partial charge on any atom is -0.497 e. The SMILES string of the molecule is COc1ccc(-c2cc(-c3cc4ccc(C)cc4nc3Cl)c(CC#N)c(N)n2)cc1. The second-order valence-electron chi connectivity index (χ2n) is 7.01. The highest BCUT2D eigenvalue weighted by molar-refractivity contribution is 6.32. The molecule has 30 heavy (non-hydrogen) atoms. The van der Waals surface area contributed by atoms with Crippen molar-refractivity contribution in [3.8, 4) is 34.2 Å². The van der Waals surface area contributed by atoms with E-state index in [0.717, 1.165) is 38.9 Å². The number of nitrogens with zero attached hydrogens (tertiary/aromatic N) is 3. The van der Waals surface area contributed by atoms with Crippen LogP contribution in [0, 0.1) is 18.3 Å². The fourth-order valence-corrected chi connectivity index (χ4v) is 3.70. The van der Waals surface area contributed by atoms with Gasteiger partial charge >= 0.3 is 0 Å². The van der Waals surface area contributed by atoms with Crippen LogP contribution < -0.4 is 10.5 Å². The number of hydrogen-bond donors (Lipinski definition) is 1. The van der Waals surface area contributed by atoms with Crippen LogP contribution in [0.3, 0.4) is 0 Å². The quantitative estimate of drug-likeness (QED) is 0.440. The van der Waals surface area contributed by atoms with Crippen molar-refractivity contribution in [3.05, 3.63) is 70.9 Å². The number of rotatable bonds is 4. The minimum absolute atomic E-state index is 0.124. The zero-order chi connectivity index (χ0) is 21.3. The van der Waals surface area contributed by atoms with Crippen molar-refractivity contribution in [2.45, 2.75) is 13.3 Å². The number of fused-ring (bicyclic) bond motifs is 1. The van der Waals surface area contributed by atoms with Gasteiger partial charge in [0.1, 0.15) is 16.7 Å². The summed E-state index contributed by atoms with van der Waals surface area (Å²) in [6, 6.07) is 19.7. The molecule has 4 aromatic rings. The summed E-state index contributed by atoms with van der Waals surface area (Å²) in [6.07, 6.45) is 0.124. The van der Waals surface area contributed by atoms with Gasteiger partial charge in [-0.1, -0.05) is 23.7 Å². The van der Waals surface area contributed by atoms with E-state index in [0.29, 0.717) is 22.2 Å². The summed E-state index contributed by atoms with van der Waals surface area (Å²) in [6.45, 7) is 2.01. The molecule has 2 aromatic carbocycles. The van der Waals surface area contributed by atoms with Crippen LogP contribution in [-0.4, -0.2) is 17.1 Å². The molecule has 0 spiro atoms. The lowest BCUT2D eigenvalue weighted by Crippen LogP contribution is -2.03. The van der Waals surface area contributed by atoms with E-state index in [9.17, 15) is 5.26 Å². The summed E-state index contributed by atoms with van der Waals surface area (Å²) < 4.78 is 5.23. The number of nitrogens with two attached hydrogens (primary N) is 1. The molecule has 0 saturated carbocycles. The molecule has 2 heterocycles. The molecule has 0 saturated heterocycles. The molecule has 5 nitrogen and oxygen atoms in total. The van der Waals surface area contributed by atoms with Crippen molar-refractivity contribution in [1.82, 2.24) is 9.97 Å². The number of methoxy groups -OCH3 is 1. The minimum atomic E-state index is 0.124. The highest BCUT2D eigenvalue weighted by atomic mass is 35.5. The largest absolute Gasteiger partial charge is 0.497 e. The van der Waals surface area contributed by atoms with Crippen LogP contribution in [0.2, 0.25) is 5.15 Å². The third-order valence-corrected chi connectivity index (χ3v) is 5.30. The fraction of sp³-hybridized carbons (Fsp3) is 0.125. The smallest absolute Gasteiger partial charge is 0.137 e. The van der Waals surface area contributed by atoms with E-state index in [1.54, 1.807) is 7.11 Å². The average Bonchev–Trinajstić information content (AvgIpc) is 2.74. The molecule has 0 amide bonds. The zero-order valence-corrected chi connectivity index (χ0v) is 17.4.